The monoisotopic (exact) mass is 448 g/mol. The van der Waals surface area contributed by atoms with E-state index in [1.165, 1.54) is 5.56 Å². The number of nitrogens with zero attached hydrogens (tertiary/aromatic N) is 3. The SMILES string of the molecule is C=CCNC(=O)c1cn(C2CCCC2)cc(C(=O)N2CCN(c3ccc(C)cc3)CC2)c1=O. The van der Waals surface area contributed by atoms with E-state index in [1.54, 1.807) is 23.4 Å². The van der Waals surface area contributed by atoms with Crippen molar-refractivity contribution in [3.05, 3.63) is 76.2 Å². The highest BCUT2D eigenvalue weighted by Crippen LogP contribution is 2.29. The van der Waals surface area contributed by atoms with E-state index in [-0.39, 0.29) is 29.6 Å². The van der Waals surface area contributed by atoms with Crippen molar-refractivity contribution in [2.45, 2.75) is 38.6 Å². The van der Waals surface area contributed by atoms with Crippen molar-refractivity contribution in [1.29, 1.82) is 0 Å². The standard InChI is InChI=1S/C26H32N4O3/c1-3-12-27-25(32)22-17-30(20-6-4-5-7-20)18-23(24(22)31)26(33)29-15-13-28(14-16-29)21-10-8-19(2)9-11-21/h3,8-11,17-18,20H,1,4-7,12-16H2,2H3,(H,27,32). The number of anilines is 1. The number of hydrogen-bond acceptors (Lipinski definition) is 4. The van der Waals surface area contributed by atoms with E-state index in [0.29, 0.717) is 26.2 Å². The molecule has 0 bridgehead atoms. The Balaban J connectivity index is 1.56. The molecule has 2 aromatic rings. The number of carbonyl (C=O) groups is 2. The van der Waals surface area contributed by atoms with E-state index in [2.05, 4.69) is 48.0 Å². The largest absolute Gasteiger partial charge is 0.368 e. The van der Waals surface area contributed by atoms with Gasteiger partial charge in [0.05, 0.1) is 0 Å². The summed E-state index contributed by atoms with van der Waals surface area (Å²) in [7, 11) is 0. The second-order valence-corrected chi connectivity index (χ2v) is 8.91. The normalized spacial score (nSPS) is 16.6. The maximum Gasteiger partial charge on any atom is 0.259 e. The van der Waals surface area contributed by atoms with Crippen LogP contribution in [0.15, 0.2) is 54.1 Å². The topological polar surface area (TPSA) is 74.7 Å². The zero-order chi connectivity index (χ0) is 23.4. The van der Waals surface area contributed by atoms with Gasteiger partial charge in [0.25, 0.3) is 11.8 Å². The summed E-state index contributed by atoms with van der Waals surface area (Å²) in [5, 5.41) is 2.68. The molecule has 2 amide bonds. The van der Waals surface area contributed by atoms with E-state index < -0.39 is 11.3 Å². The van der Waals surface area contributed by atoms with Gasteiger partial charge in [-0.3, -0.25) is 14.4 Å². The van der Waals surface area contributed by atoms with Gasteiger partial charge in [-0.05, 0) is 31.9 Å². The summed E-state index contributed by atoms with van der Waals surface area (Å²) < 4.78 is 1.91. The fourth-order valence-corrected chi connectivity index (χ4v) is 4.68. The molecule has 1 aromatic heterocycles. The lowest BCUT2D eigenvalue weighted by Crippen LogP contribution is -2.50. The Kier molecular flexibility index (Phi) is 6.96. The van der Waals surface area contributed by atoms with Gasteiger partial charge >= 0.3 is 0 Å². The molecule has 1 N–H and O–H groups in total. The summed E-state index contributed by atoms with van der Waals surface area (Å²) in [6.45, 7) is 8.39. The van der Waals surface area contributed by atoms with Crippen LogP contribution in [0.1, 0.15) is 58.0 Å². The van der Waals surface area contributed by atoms with Crippen LogP contribution >= 0.6 is 0 Å². The Morgan fingerprint density at radius 1 is 1.03 bits per heavy atom. The van der Waals surface area contributed by atoms with E-state index in [1.807, 2.05) is 4.57 Å². The molecule has 1 saturated carbocycles. The van der Waals surface area contributed by atoms with Crippen LogP contribution in [0.25, 0.3) is 0 Å². The first-order valence-corrected chi connectivity index (χ1v) is 11.7. The first-order valence-electron chi connectivity index (χ1n) is 11.7. The molecular formula is C26H32N4O3. The fourth-order valence-electron chi connectivity index (χ4n) is 4.68. The Morgan fingerprint density at radius 3 is 2.30 bits per heavy atom. The lowest BCUT2D eigenvalue weighted by molar-refractivity contribution is 0.0744. The van der Waals surface area contributed by atoms with Crippen LogP contribution in [-0.2, 0) is 0 Å². The van der Waals surface area contributed by atoms with E-state index in [4.69, 9.17) is 0 Å². The minimum absolute atomic E-state index is 0.0212. The van der Waals surface area contributed by atoms with Crippen molar-refractivity contribution in [3.63, 3.8) is 0 Å². The molecular weight excluding hydrogens is 416 g/mol. The smallest absolute Gasteiger partial charge is 0.259 e. The van der Waals surface area contributed by atoms with Crippen LogP contribution in [0, 0.1) is 6.92 Å². The highest BCUT2D eigenvalue weighted by molar-refractivity contribution is 5.99. The third-order valence-electron chi connectivity index (χ3n) is 6.64. The number of amides is 2. The lowest BCUT2D eigenvalue weighted by Gasteiger charge is -2.36. The maximum atomic E-state index is 13.4. The number of benzene rings is 1. The third kappa shape index (κ3) is 5.02. The number of carbonyl (C=O) groups excluding carboxylic acids is 2. The Morgan fingerprint density at radius 2 is 1.67 bits per heavy atom. The number of aromatic nitrogens is 1. The molecule has 2 aliphatic rings. The first kappa shape index (κ1) is 22.8. The van der Waals surface area contributed by atoms with Crippen molar-refractivity contribution in [2.75, 3.05) is 37.6 Å². The van der Waals surface area contributed by atoms with Crippen molar-refractivity contribution in [1.82, 2.24) is 14.8 Å². The second-order valence-electron chi connectivity index (χ2n) is 8.91. The van der Waals surface area contributed by atoms with Crippen LogP contribution in [0.5, 0.6) is 0 Å². The number of rotatable bonds is 6. The lowest BCUT2D eigenvalue weighted by atomic mass is 10.1. The molecule has 1 aromatic carbocycles. The molecule has 2 fully saturated rings. The van der Waals surface area contributed by atoms with Gasteiger partial charge in [0, 0.05) is 56.8 Å². The van der Waals surface area contributed by atoms with Gasteiger partial charge in [-0.1, -0.05) is 36.6 Å². The average molecular weight is 449 g/mol. The molecule has 4 rings (SSSR count). The van der Waals surface area contributed by atoms with Crippen molar-refractivity contribution in [2.24, 2.45) is 0 Å². The summed E-state index contributed by atoms with van der Waals surface area (Å²) >= 11 is 0. The quantitative estimate of drug-likeness (QED) is 0.689. The molecule has 2 heterocycles. The highest BCUT2D eigenvalue weighted by Gasteiger charge is 2.28. The van der Waals surface area contributed by atoms with E-state index in [0.717, 1.165) is 31.4 Å². The van der Waals surface area contributed by atoms with Crippen LogP contribution in [0.4, 0.5) is 5.69 Å². The average Bonchev–Trinajstić information content (AvgIpc) is 3.38. The third-order valence-corrected chi connectivity index (χ3v) is 6.64. The first-order chi connectivity index (χ1) is 16.0. The van der Waals surface area contributed by atoms with Crippen molar-refractivity contribution < 1.29 is 9.59 Å². The van der Waals surface area contributed by atoms with Crippen molar-refractivity contribution >= 4 is 17.5 Å². The summed E-state index contributed by atoms with van der Waals surface area (Å²) in [4.78, 5) is 43.2. The number of hydrogen-bond donors (Lipinski definition) is 1. The summed E-state index contributed by atoms with van der Waals surface area (Å²) in [6.07, 6.45) is 9.03. The number of pyridine rings is 1. The van der Waals surface area contributed by atoms with Crippen LogP contribution in [0.3, 0.4) is 0 Å². The van der Waals surface area contributed by atoms with Gasteiger partial charge in [0.15, 0.2) is 0 Å². The Hall–Kier alpha value is -3.35. The number of piperazine rings is 1. The van der Waals surface area contributed by atoms with Crippen molar-refractivity contribution in [3.8, 4) is 0 Å². The molecule has 1 aliphatic heterocycles. The molecule has 33 heavy (non-hydrogen) atoms. The minimum atomic E-state index is -0.503. The Bertz CT molecular complexity index is 1080. The molecule has 7 nitrogen and oxygen atoms in total. The number of aryl methyl sites for hydroxylation is 1. The summed E-state index contributed by atoms with van der Waals surface area (Å²) in [5.74, 6) is -0.765. The van der Waals surface area contributed by atoms with Gasteiger partial charge in [0.2, 0.25) is 5.43 Å². The van der Waals surface area contributed by atoms with Crippen LogP contribution in [0.2, 0.25) is 0 Å². The minimum Gasteiger partial charge on any atom is -0.368 e. The van der Waals surface area contributed by atoms with Gasteiger partial charge in [0.1, 0.15) is 11.1 Å². The Labute approximate surface area is 194 Å². The van der Waals surface area contributed by atoms with Gasteiger partial charge < -0.3 is 19.7 Å². The predicted octanol–water partition coefficient (Wildman–Crippen LogP) is 3.15. The maximum absolute atomic E-state index is 13.4. The molecule has 0 spiro atoms. The van der Waals surface area contributed by atoms with Gasteiger partial charge in [-0.15, -0.1) is 6.58 Å². The molecule has 0 unspecified atom stereocenters. The molecule has 1 aliphatic carbocycles. The molecule has 7 heteroatoms. The molecule has 0 radical (unpaired) electrons. The molecule has 174 valence electrons. The fraction of sp³-hybridized carbons (Fsp3) is 0.423. The van der Waals surface area contributed by atoms with E-state index in [9.17, 15) is 14.4 Å². The second kappa shape index (κ2) is 10.1. The van der Waals surface area contributed by atoms with E-state index >= 15 is 0 Å². The summed E-state index contributed by atoms with van der Waals surface area (Å²) in [6, 6.07) is 8.57. The van der Waals surface area contributed by atoms with Crippen LogP contribution < -0.4 is 15.6 Å². The highest BCUT2D eigenvalue weighted by atomic mass is 16.2. The molecule has 1 saturated heterocycles. The summed E-state index contributed by atoms with van der Waals surface area (Å²) in [5.41, 5.74) is 1.95. The number of nitrogens with one attached hydrogen (secondary N) is 1. The van der Waals surface area contributed by atoms with Gasteiger partial charge in [-0.2, -0.15) is 0 Å². The van der Waals surface area contributed by atoms with Gasteiger partial charge in [-0.25, -0.2) is 0 Å². The predicted molar refractivity (Wildman–Crippen MR) is 130 cm³/mol. The van der Waals surface area contributed by atoms with Crippen LogP contribution in [-0.4, -0.2) is 54.0 Å². The zero-order valence-corrected chi connectivity index (χ0v) is 19.3. The molecule has 0 atom stereocenters. The zero-order valence-electron chi connectivity index (χ0n) is 19.3.